The molecule has 1 atom stereocenters. The third-order valence-corrected chi connectivity index (χ3v) is 9.02. The molecule has 0 saturated heterocycles. The van der Waals surface area contributed by atoms with Gasteiger partial charge in [-0.2, -0.15) is 4.98 Å². The smallest absolute Gasteiger partial charge is 0.323 e. The van der Waals surface area contributed by atoms with Gasteiger partial charge in [-0.15, -0.1) is 0 Å². The molecule has 0 aliphatic heterocycles. The number of nitrogens with zero attached hydrogens (tertiary/aromatic N) is 4. The van der Waals surface area contributed by atoms with E-state index in [0.717, 1.165) is 78.0 Å². The highest BCUT2D eigenvalue weighted by atomic mass is 35.5. The third-order valence-electron chi connectivity index (χ3n) is 8.75. The first kappa shape index (κ1) is 36.0. The van der Waals surface area contributed by atoms with Crippen LogP contribution in [0.4, 0.5) is 5.95 Å². The van der Waals surface area contributed by atoms with Gasteiger partial charge in [-0.25, -0.2) is 4.98 Å². The number of nitrogens with one attached hydrogen (secondary N) is 1. The molecule has 5 rings (SSSR count). The minimum atomic E-state index is -0.311. The van der Waals surface area contributed by atoms with Gasteiger partial charge in [-0.3, -0.25) is 9.78 Å². The fourth-order valence-electron chi connectivity index (χ4n) is 6.21. The lowest BCUT2D eigenvalue weighted by molar-refractivity contribution is -0.151. The monoisotopic (exact) mass is 686 g/mol. The van der Waals surface area contributed by atoms with Crippen molar-refractivity contribution in [1.29, 1.82) is 0 Å². The summed E-state index contributed by atoms with van der Waals surface area (Å²) in [4.78, 5) is 26.1. The highest BCUT2D eigenvalue weighted by Crippen LogP contribution is 2.29. The van der Waals surface area contributed by atoms with Gasteiger partial charge in [0.1, 0.15) is 34.4 Å². The van der Waals surface area contributed by atoms with Gasteiger partial charge in [0.05, 0.1) is 36.9 Å². The Kier molecular flexibility index (Phi) is 12.4. The Hall–Kier alpha value is -4.33. The molecule has 1 aliphatic rings. The summed E-state index contributed by atoms with van der Waals surface area (Å²) in [6.07, 6.45) is 10.1. The normalized spacial score (nSPS) is 13.8. The molecular weight excluding hydrogens is 640 g/mol. The predicted molar refractivity (Wildman–Crippen MR) is 193 cm³/mol. The van der Waals surface area contributed by atoms with Crippen molar-refractivity contribution in [3.63, 3.8) is 0 Å². The highest BCUT2D eigenvalue weighted by Gasteiger charge is 2.26. The van der Waals surface area contributed by atoms with Crippen LogP contribution in [0, 0.1) is 31.6 Å². The Morgan fingerprint density at radius 3 is 2.63 bits per heavy atom. The maximum absolute atomic E-state index is 12.8. The number of nitrogens with two attached hydrogens (primary N) is 1. The first-order valence-electron chi connectivity index (χ1n) is 17.1. The molecule has 0 unspecified atom stereocenters. The van der Waals surface area contributed by atoms with E-state index in [4.69, 9.17) is 31.5 Å². The summed E-state index contributed by atoms with van der Waals surface area (Å²) in [6, 6.07) is 7.65. The molecule has 11 heteroatoms. The van der Waals surface area contributed by atoms with Crippen molar-refractivity contribution in [3.05, 3.63) is 69.8 Å². The van der Waals surface area contributed by atoms with Crippen molar-refractivity contribution in [1.82, 2.24) is 24.8 Å². The van der Waals surface area contributed by atoms with Gasteiger partial charge in [0, 0.05) is 36.5 Å². The van der Waals surface area contributed by atoms with E-state index in [2.05, 4.69) is 46.0 Å². The van der Waals surface area contributed by atoms with Crippen LogP contribution in [0.15, 0.2) is 36.7 Å². The average Bonchev–Trinajstić information content (AvgIpc) is 3.70. The second-order valence-electron chi connectivity index (χ2n) is 13.1. The molecule has 10 nitrogen and oxygen atoms in total. The summed E-state index contributed by atoms with van der Waals surface area (Å²) in [7, 11) is 1.66. The van der Waals surface area contributed by atoms with Gasteiger partial charge >= 0.3 is 5.97 Å². The number of aryl methyl sites for hydroxylation is 1. The maximum Gasteiger partial charge on any atom is 0.323 e. The fourth-order valence-corrected chi connectivity index (χ4v) is 6.48. The number of halogens is 1. The molecule has 1 saturated carbocycles. The zero-order valence-electron chi connectivity index (χ0n) is 29.1. The number of benzene rings is 1. The summed E-state index contributed by atoms with van der Waals surface area (Å²) >= 11 is 6.53. The number of carbonyl (C=O) groups is 1. The van der Waals surface area contributed by atoms with Crippen LogP contribution in [0.25, 0.3) is 11.0 Å². The van der Waals surface area contributed by atoms with Gasteiger partial charge < -0.3 is 29.8 Å². The SMILES string of the molecule is COc1c(C)cnc(Cn2cc(C#CCCCOc3ccc(CN[C@@H](CC(C)C)C(=O)OC4CCCC4)cc3)c3c(Cl)nc(N)nc32)c1C. The lowest BCUT2D eigenvalue weighted by atomic mass is 10.0. The number of unbranched alkanes of at least 4 members (excludes halogenated alkanes) is 1. The first-order valence-corrected chi connectivity index (χ1v) is 17.5. The molecule has 0 radical (unpaired) electrons. The summed E-state index contributed by atoms with van der Waals surface area (Å²) in [5.41, 5.74) is 11.1. The maximum atomic E-state index is 12.8. The highest BCUT2D eigenvalue weighted by molar-refractivity contribution is 6.34. The number of aromatic nitrogens is 4. The van der Waals surface area contributed by atoms with Gasteiger partial charge in [-0.05, 0) is 76.0 Å². The van der Waals surface area contributed by atoms with Crippen LogP contribution in [0.3, 0.4) is 0 Å². The molecule has 4 aromatic rings. The van der Waals surface area contributed by atoms with Crippen LogP contribution < -0.4 is 20.5 Å². The molecule has 1 fully saturated rings. The molecule has 3 heterocycles. The van der Waals surface area contributed by atoms with E-state index in [1.807, 2.05) is 48.9 Å². The number of methoxy groups -OCH3 is 1. The van der Waals surface area contributed by atoms with Crippen molar-refractivity contribution in [3.8, 4) is 23.3 Å². The number of nitrogen functional groups attached to an aromatic ring is 1. The van der Waals surface area contributed by atoms with Crippen molar-refractivity contribution in [2.75, 3.05) is 19.5 Å². The Morgan fingerprint density at radius 1 is 1.16 bits per heavy atom. The number of pyridine rings is 1. The number of ether oxygens (including phenoxy) is 3. The van der Waals surface area contributed by atoms with E-state index in [9.17, 15) is 4.79 Å². The molecule has 3 aromatic heterocycles. The van der Waals surface area contributed by atoms with Crippen LogP contribution in [-0.4, -0.2) is 51.4 Å². The van der Waals surface area contributed by atoms with Gasteiger partial charge in [-0.1, -0.05) is 49.4 Å². The number of rotatable bonds is 14. The van der Waals surface area contributed by atoms with Crippen LogP contribution in [0.2, 0.25) is 5.15 Å². The first-order chi connectivity index (χ1) is 23.6. The molecular formula is C38H47ClN6O4. The minimum Gasteiger partial charge on any atom is -0.496 e. The fraction of sp³-hybridized carbons (Fsp3) is 0.474. The number of hydrogen-bond donors (Lipinski definition) is 2. The third kappa shape index (κ3) is 9.43. The lowest BCUT2D eigenvalue weighted by Gasteiger charge is -2.22. The Labute approximate surface area is 294 Å². The topological polar surface area (TPSA) is 126 Å². The van der Waals surface area contributed by atoms with Crippen LogP contribution in [0.1, 0.15) is 86.7 Å². The van der Waals surface area contributed by atoms with Crippen molar-refractivity contribution >= 4 is 34.6 Å². The largest absolute Gasteiger partial charge is 0.496 e. The molecule has 3 N–H and O–H groups in total. The van der Waals surface area contributed by atoms with Gasteiger partial charge in [0.25, 0.3) is 0 Å². The Balaban J connectivity index is 1.14. The van der Waals surface area contributed by atoms with Crippen LogP contribution >= 0.6 is 11.6 Å². The molecule has 1 aliphatic carbocycles. The zero-order valence-corrected chi connectivity index (χ0v) is 29.9. The minimum absolute atomic E-state index is 0.0724. The number of fused-ring (bicyclic) bond motifs is 1. The summed E-state index contributed by atoms with van der Waals surface area (Å²) in [5, 5.41) is 4.34. The van der Waals surface area contributed by atoms with Crippen LogP contribution in [-0.2, 0) is 22.6 Å². The predicted octanol–water partition coefficient (Wildman–Crippen LogP) is 6.94. The number of carbonyl (C=O) groups excluding carboxylic acids is 1. The standard InChI is InChI=1S/C38H47ClN6O4/c1-24(2)19-31(37(46)49-30-12-8-9-13-30)42-21-27-14-16-29(17-15-27)48-18-10-6-7-11-28-22-45(36-33(28)35(39)43-38(40)44-36)23-32-26(4)34(47-5)25(3)20-41-32/h14-17,20,22,24,30-31,42H,6,8-10,12-13,18-19,21,23H2,1-5H3,(H2,40,43,44)/t31-/m0/s1. The van der Waals surface area contributed by atoms with Crippen molar-refractivity contribution in [2.45, 2.75) is 97.9 Å². The second-order valence-corrected chi connectivity index (χ2v) is 13.5. The van der Waals surface area contributed by atoms with Crippen molar-refractivity contribution < 1.29 is 19.0 Å². The average molecular weight is 687 g/mol. The summed E-state index contributed by atoms with van der Waals surface area (Å²) in [5.74, 6) is 8.45. The molecule has 260 valence electrons. The van der Waals surface area contributed by atoms with Crippen LogP contribution in [0.5, 0.6) is 11.5 Å². The molecule has 0 bridgehead atoms. The van der Waals surface area contributed by atoms with E-state index < -0.39 is 0 Å². The Morgan fingerprint density at radius 2 is 1.92 bits per heavy atom. The molecule has 0 spiro atoms. The number of hydrogen-bond acceptors (Lipinski definition) is 9. The second kappa shape index (κ2) is 16.9. The molecule has 49 heavy (non-hydrogen) atoms. The van der Waals surface area contributed by atoms with Gasteiger partial charge in [0.15, 0.2) is 0 Å². The van der Waals surface area contributed by atoms with E-state index in [0.29, 0.717) is 43.1 Å². The van der Waals surface area contributed by atoms with Crippen molar-refractivity contribution in [2.24, 2.45) is 5.92 Å². The van der Waals surface area contributed by atoms with E-state index in [-0.39, 0.29) is 29.2 Å². The van der Waals surface area contributed by atoms with E-state index in [1.54, 1.807) is 13.3 Å². The quantitative estimate of drug-likeness (QED) is 0.0628. The zero-order chi connectivity index (χ0) is 34.9. The lowest BCUT2D eigenvalue weighted by Crippen LogP contribution is -2.40. The summed E-state index contributed by atoms with van der Waals surface area (Å²) in [6.45, 7) is 9.77. The van der Waals surface area contributed by atoms with E-state index in [1.165, 1.54) is 0 Å². The Bertz CT molecular complexity index is 1810. The summed E-state index contributed by atoms with van der Waals surface area (Å²) < 4.78 is 19.3. The number of esters is 1. The number of anilines is 1. The van der Waals surface area contributed by atoms with E-state index >= 15 is 0 Å². The molecule has 1 aromatic carbocycles. The molecule has 0 amide bonds. The van der Waals surface area contributed by atoms with Gasteiger partial charge in [0.2, 0.25) is 5.95 Å².